The maximum absolute atomic E-state index is 13.1. The summed E-state index contributed by atoms with van der Waals surface area (Å²) >= 11 is 1.15. The fourth-order valence-corrected chi connectivity index (χ4v) is 4.16. The Bertz CT molecular complexity index is 1220. The highest BCUT2D eigenvalue weighted by molar-refractivity contribution is 7.16. The van der Waals surface area contributed by atoms with Crippen LogP contribution in [-0.2, 0) is 20.8 Å². The van der Waals surface area contributed by atoms with Crippen molar-refractivity contribution in [3.8, 4) is 11.5 Å². The van der Waals surface area contributed by atoms with Crippen LogP contribution in [0.2, 0.25) is 0 Å². The molecule has 3 aromatic rings. The largest absolute Gasteiger partial charge is 0.496 e. The zero-order valence-electron chi connectivity index (χ0n) is 18.0. The zero-order valence-corrected chi connectivity index (χ0v) is 18.9. The second-order valence-corrected chi connectivity index (χ2v) is 7.41. The van der Waals surface area contributed by atoms with Crippen molar-refractivity contribution in [2.75, 3.05) is 27.9 Å². The number of fused-ring (bicyclic) bond motifs is 1. The van der Waals surface area contributed by atoms with Crippen molar-refractivity contribution in [3.63, 3.8) is 0 Å². The second kappa shape index (κ2) is 10.1. The minimum absolute atomic E-state index is 0.152. The summed E-state index contributed by atoms with van der Waals surface area (Å²) in [5.41, 5.74) is 1.12. The van der Waals surface area contributed by atoms with Gasteiger partial charge in [-0.2, -0.15) is 4.99 Å². The number of methoxy groups -OCH3 is 3. The molecule has 0 unspecified atom stereocenters. The van der Waals surface area contributed by atoms with Gasteiger partial charge in [-0.25, -0.2) is 4.79 Å². The minimum atomic E-state index is -0.600. The molecule has 0 saturated carbocycles. The van der Waals surface area contributed by atoms with Gasteiger partial charge in [0.2, 0.25) is 0 Å². The first-order chi connectivity index (χ1) is 15.4. The molecule has 10 heteroatoms. The molecule has 0 bridgehead atoms. The van der Waals surface area contributed by atoms with Gasteiger partial charge < -0.3 is 23.5 Å². The summed E-state index contributed by atoms with van der Waals surface area (Å²) in [6, 6.07) is 9.84. The van der Waals surface area contributed by atoms with Crippen LogP contribution in [0.3, 0.4) is 0 Å². The third kappa shape index (κ3) is 4.65. The molecule has 0 N–H and O–H groups in total. The molecule has 0 atom stereocenters. The Hall–Kier alpha value is -3.66. The number of carbonyl (C=O) groups is 3. The van der Waals surface area contributed by atoms with Crippen LogP contribution in [0.4, 0.5) is 0 Å². The highest BCUT2D eigenvalue weighted by Crippen LogP contribution is 2.29. The molecule has 2 aromatic carbocycles. The number of hydrogen-bond donors (Lipinski definition) is 0. The lowest BCUT2D eigenvalue weighted by molar-refractivity contribution is -0.143. The van der Waals surface area contributed by atoms with Crippen molar-refractivity contribution in [1.82, 2.24) is 4.57 Å². The quantitative estimate of drug-likeness (QED) is 0.501. The van der Waals surface area contributed by atoms with E-state index in [2.05, 4.69) is 4.99 Å². The summed E-state index contributed by atoms with van der Waals surface area (Å²) < 4.78 is 22.6. The van der Waals surface area contributed by atoms with E-state index in [1.807, 2.05) is 0 Å². The number of carbonyl (C=O) groups excluding carboxylic acids is 3. The van der Waals surface area contributed by atoms with Gasteiger partial charge in [0.1, 0.15) is 23.6 Å². The third-order valence-electron chi connectivity index (χ3n) is 4.54. The number of thiazole rings is 1. The van der Waals surface area contributed by atoms with Gasteiger partial charge in [0.05, 0.1) is 43.7 Å². The molecule has 0 radical (unpaired) electrons. The normalized spacial score (nSPS) is 11.3. The van der Waals surface area contributed by atoms with Gasteiger partial charge in [-0.05, 0) is 37.3 Å². The van der Waals surface area contributed by atoms with Crippen LogP contribution >= 0.6 is 11.3 Å². The summed E-state index contributed by atoms with van der Waals surface area (Å²) in [4.78, 5) is 41.7. The highest BCUT2D eigenvalue weighted by atomic mass is 32.1. The SMILES string of the molecule is CCOC(=O)Cn1c(=NC(=O)c2c(OC)cccc2OC)sc2cc(C(=O)OC)ccc21. The molecule has 0 spiro atoms. The van der Waals surface area contributed by atoms with Gasteiger partial charge in [0.15, 0.2) is 4.80 Å². The van der Waals surface area contributed by atoms with Crippen molar-refractivity contribution >= 4 is 39.4 Å². The van der Waals surface area contributed by atoms with Crippen molar-refractivity contribution < 1.29 is 33.3 Å². The smallest absolute Gasteiger partial charge is 0.337 e. The predicted molar refractivity (Wildman–Crippen MR) is 117 cm³/mol. The molecule has 3 rings (SSSR count). The van der Waals surface area contributed by atoms with E-state index in [9.17, 15) is 14.4 Å². The highest BCUT2D eigenvalue weighted by Gasteiger charge is 2.20. The number of hydrogen-bond acceptors (Lipinski definition) is 8. The molecule has 0 aliphatic carbocycles. The standard InChI is InChI=1S/C22H22N2O7S/c1-5-31-18(25)12-24-14-10-9-13(21(27)30-4)11-17(14)32-22(24)23-20(26)19-15(28-2)7-6-8-16(19)29-3/h6-11H,5,12H2,1-4H3. The lowest BCUT2D eigenvalue weighted by Crippen LogP contribution is -2.23. The molecule has 168 valence electrons. The Morgan fingerprint density at radius 2 is 1.72 bits per heavy atom. The lowest BCUT2D eigenvalue weighted by atomic mass is 10.1. The Morgan fingerprint density at radius 1 is 1.03 bits per heavy atom. The van der Waals surface area contributed by atoms with Crippen molar-refractivity contribution in [3.05, 3.63) is 52.3 Å². The van der Waals surface area contributed by atoms with E-state index >= 15 is 0 Å². The Labute approximate surface area is 187 Å². The van der Waals surface area contributed by atoms with Crippen molar-refractivity contribution in [1.29, 1.82) is 0 Å². The summed E-state index contributed by atoms with van der Waals surface area (Å²) in [7, 11) is 4.18. The summed E-state index contributed by atoms with van der Waals surface area (Å²) in [5.74, 6) is -0.955. The first-order valence-corrected chi connectivity index (χ1v) is 10.4. The molecule has 0 aliphatic heterocycles. The van der Waals surface area contributed by atoms with Crippen molar-refractivity contribution in [2.45, 2.75) is 13.5 Å². The molecular weight excluding hydrogens is 436 g/mol. The fraction of sp³-hybridized carbons (Fsp3) is 0.273. The second-order valence-electron chi connectivity index (χ2n) is 6.40. The van der Waals surface area contributed by atoms with Gasteiger partial charge in [-0.3, -0.25) is 9.59 Å². The van der Waals surface area contributed by atoms with Gasteiger partial charge in [-0.1, -0.05) is 17.4 Å². The average Bonchev–Trinajstić information content (AvgIpc) is 3.13. The average molecular weight is 458 g/mol. The Kier molecular flexibility index (Phi) is 7.26. The van der Waals surface area contributed by atoms with Gasteiger partial charge >= 0.3 is 11.9 Å². The molecule has 1 heterocycles. The molecule has 32 heavy (non-hydrogen) atoms. The van der Waals surface area contributed by atoms with E-state index in [0.717, 1.165) is 11.3 Å². The van der Waals surface area contributed by atoms with Crippen molar-refractivity contribution in [2.24, 2.45) is 4.99 Å². The minimum Gasteiger partial charge on any atom is -0.496 e. The van der Waals surface area contributed by atoms with E-state index in [0.29, 0.717) is 27.3 Å². The number of aromatic nitrogens is 1. The molecular formula is C22H22N2O7S. The number of benzene rings is 2. The zero-order chi connectivity index (χ0) is 23.3. The first kappa shape index (κ1) is 23.0. The van der Waals surface area contributed by atoms with E-state index in [1.54, 1.807) is 47.9 Å². The van der Waals surface area contributed by atoms with Gasteiger partial charge in [-0.15, -0.1) is 0 Å². The van der Waals surface area contributed by atoms with Crippen LogP contribution in [0.5, 0.6) is 11.5 Å². The predicted octanol–water partition coefficient (Wildman–Crippen LogP) is 2.81. The summed E-state index contributed by atoms with van der Waals surface area (Å²) in [6.45, 7) is 1.78. The number of nitrogens with zero attached hydrogens (tertiary/aromatic N) is 2. The third-order valence-corrected chi connectivity index (χ3v) is 5.58. The van der Waals surface area contributed by atoms with E-state index in [1.165, 1.54) is 21.3 Å². The molecule has 9 nitrogen and oxygen atoms in total. The number of esters is 2. The number of rotatable bonds is 7. The van der Waals surface area contributed by atoms with E-state index in [-0.39, 0.29) is 23.5 Å². The van der Waals surface area contributed by atoms with Gasteiger partial charge in [0, 0.05) is 0 Å². The van der Waals surface area contributed by atoms with E-state index in [4.69, 9.17) is 18.9 Å². The number of amides is 1. The Morgan fingerprint density at radius 3 is 2.31 bits per heavy atom. The van der Waals surface area contributed by atoms with Crippen LogP contribution < -0.4 is 14.3 Å². The van der Waals surface area contributed by atoms with E-state index < -0.39 is 17.8 Å². The maximum atomic E-state index is 13.1. The lowest BCUT2D eigenvalue weighted by Gasteiger charge is -2.10. The number of ether oxygens (including phenoxy) is 4. The van der Waals surface area contributed by atoms with Crippen LogP contribution in [-0.4, -0.2) is 50.3 Å². The first-order valence-electron chi connectivity index (χ1n) is 9.60. The molecule has 0 fully saturated rings. The maximum Gasteiger partial charge on any atom is 0.337 e. The summed E-state index contributed by atoms with van der Waals surface area (Å²) in [5, 5.41) is 0. The van der Waals surface area contributed by atoms with Gasteiger partial charge in [0.25, 0.3) is 5.91 Å². The molecule has 1 amide bonds. The molecule has 0 saturated heterocycles. The Balaban J connectivity index is 2.19. The molecule has 1 aromatic heterocycles. The van der Waals surface area contributed by atoms with Crippen LogP contribution in [0.1, 0.15) is 27.6 Å². The van der Waals surface area contributed by atoms with Crippen LogP contribution in [0, 0.1) is 0 Å². The van der Waals surface area contributed by atoms with Crippen LogP contribution in [0.15, 0.2) is 41.4 Å². The molecule has 0 aliphatic rings. The topological polar surface area (TPSA) is 105 Å². The summed E-state index contributed by atoms with van der Waals surface area (Å²) in [6.07, 6.45) is 0. The van der Waals surface area contributed by atoms with Crippen LogP contribution in [0.25, 0.3) is 10.2 Å². The monoisotopic (exact) mass is 458 g/mol. The fourth-order valence-electron chi connectivity index (χ4n) is 3.10.